The van der Waals surface area contributed by atoms with Gasteiger partial charge >= 0.3 is 0 Å². The first-order valence-corrected chi connectivity index (χ1v) is 38.5. The summed E-state index contributed by atoms with van der Waals surface area (Å²) >= 11 is 0. The molecule has 0 amide bonds. The summed E-state index contributed by atoms with van der Waals surface area (Å²) in [5.74, 6) is 3.53. The molecule has 6 heterocycles. The number of fused-ring (bicyclic) bond motifs is 16. The molecular weight excluding hydrogens is 1410 g/mol. The first-order valence-electron chi connectivity index (χ1n) is 38.5. The number of aromatic nitrogens is 7. The van der Waals surface area contributed by atoms with Crippen molar-refractivity contribution >= 4 is 126 Å². The van der Waals surface area contributed by atoms with Gasteiger partial charge in [0.05, 0.1) is 22.2 Å². The second-order valence-corrected chi connectivity index (χ2v) is 28.8. The van der Waals surface area contributed by atoms with E-state index in [1.54, 1.807) is 0 Å². The smallest absolute Gasteiger partial charge is 0.167 e. The quantitative estimate of drug-likeness (QED) is 0.117. The Balaban J connectivity index is 0.000000140. The Bertz CT molecular complexity index is 7480. The van der Waals surface area contributed by atoms with Crippen LogP contribution in [0.3, 0.4) is 0 Å². The maximum atomic E-state index is 6.89. The fourth-order valence-corrected chi connectivity index (χ4v) is 16.5. The van der Waals surface area contributed by atoms with E-state index in [-0.39, 0.29) is 0 Å². The number of hydrogen-bond acceptors (Lipinski definition) is 10. The van der Waals surface area contributed by atoms with Gasteiger partial charge in [0, 0.05) is 88.1 Å². The van der Waals surface area contributed by atoms with Crippen molar-refractivity contribution in [2.75, 3.05) is 4.90 Å². The Morgan fingerprint density at radius 3 is 1.05 bits per heavy atom. The van der Waals surface area contributed by atoms with E-state index in [4.69, 9.17) is 43.2 Å². The van der Waals surface area contributed by atoms with Crippen LogP contribution in [0.5, 0.6) is 0 Å². The highest BCUT2D eigenvalue weighted by molar-refractivity contribution is 6.25. The number of furan rings is 3. The summed E-state index contributed by atoms with van der Waals surface area (Å²) in [6.45, 7) is 0. The minimum atomic E-state index is 0.552. The molecule has 0 aliphatic heterocycles. The lowest BCUT2D eigenvalue weighted by Crippen LogP contribution is -2.09. The molecule has 0 radical (unpaired) electrons. The topological polar surface area (TPSA) is 125 Å². The number of benzene rings is 17. The van der Waals surface area contributed by atoms with Crippen molar-refractivity contribution < 1.29 is 13.3 Å². The average molecular weight is 1470 g/mol. The molecule has 17 aromatic carbocycles. The fraction of sp³-hybridized carbons (Fsp3) is 0. The highest BCUT2D eigenvalue weighted by Gasteiger charge is 2.26. The van der Waals surface area contributed by atoms with Gasteiger partial charge in [-0.25, -0.2) is 29.9 Å². The van der Waals surface area contributed by atoms with Gasteiger partial charge in [-0.1, -0.05) is 291 Å². The third kappa shape index (κ3) is 11.8. The maximum Gasteiger partial charge on any atom is 0.167 e. The Morgan fingerprint density at radius 2 is 0.574 bits per heavy atom. The average Bonchev–Trinajstić information content (AvgIpc) is 1.58. The molecule has 0 saturated carbocycles. The highest BCUT2D eigenvalue weighted by Crippen LogP contribution is 2.47. The molecule has 23 rings (SSSR count). The number of para-hydroxylation sites is 2. The molecule has 0 saturated heterocycles. The van der Waals surface area contributed by atoms with Gasteiger partial charge in [0.2, 0.25) is 0 Å². The molecule has 115 heavy (non-hydrogen) atoms. The van der Waals surface area contributed by atoms with E-state index in [0.29, 0.717) is 34.9 Å². The Morgan fingerprint density at radius 1 is 0.209 bits per heavy atom. The standard InChI is InChI=1S/C55H36N4O.C49H28N4O2/c1-5-15-37(16-6-1)39-25-29-44(30-26-39)59(45-31-27-40(28-32-45)38-17-7-2-8-18-38)46-33-34-50-48(36-46)51-47-24-14-13-23-43(47)35-49(52(51)60-50)55-57-53(41-19-9-3-10-20-41)56-54(58-55)42-21-11-4-12-22-42;1-3-13-29(14-4-1)47-50-48(30-15-5-2-6-16-30)52-49(51-47)39-25-31-17-7-8-18-33(31)45-38-26-32(23-24-43(38)55-46(39)45)53-40-21-11-9-19-34(40)36-28-44-37(27-41(36)53)35-20-10-12-22-42(35)54-44/h1-36H;1-28H. The second-order valence-electron chi connectivity index (χ2n) is 28.8. The van der Waals surface area contributed by atoms with Gasteiger partial charge in [-0.2, -0.15) is 0 Å². The summed E-state index contributed by atoms with van der Waals surface area (Å²) in [6.07, 6.45) is 0. The molecule has 23 aromatic rings. The molecule has 0 N–H and O–H groups in total. The molecule has 11 heteroatoms. The van der Waals surface area contributed by atoms with Gasteiger partial charge in [0.25, 0.3) is 0 Å². The lowest BCUT2D eigenvalue weighted by molar-refractivity contribution is 0.669. The summed E-state index contributed by atoms with van der Waals surface area (Å²) in [5.41, 5.74) is 21.2. The predicted octanol–water partition coefficient (Wildman–Crippen LogP) is 27.7. The predicted molar refractivity (Wildman–Crippen MR) is 469 cm³/mol. The third-order valence-electron chi connectivity index (χ3n) is 21.9. The van der Waals surface area contributed by atoms with Gasteiger partial charge in [-0.3, -0.25) is 0 Å². The van der Waals surface area contributed by atoms with Crippen LogP contribution in [0.2, 0.25) is 0 Å². The van der Waals surface area contributed by atoms with E-state index in [2.05, 4.69) is 264 Å². The van der Waals surface area contributed by atoms with Crippen molar-refractivity contribution in [3.8, 4) is 96.3 Å². The van der Waals surface area contributed by atoms with Crippen molar-refractivity contribution in [3.05, 3.63) is 388 Å². The van der Waals surface area contributed by atoms with Crippen molar-refractivity contribution in [2.45, 2.75) is 0 Å². The lowest BCUT2D eigenvalue weighted by atomic mass is 9.99. The van der Waals surface area contributed by atoms with Crippen LogP contribution >= 0.6 is 0 Å². The van der Waals surface area contributed by atoms with E-state index in [1.807, 2.05) is 133 Å². The largest absolute Gasteiger partial charge is 0.456 e. The molecule has 6 aromatic heterocycles. The fourth-order valence-electron chi connectivity index (χ4n) is 16.5. The number of rotatable bonds is 12. The molecule has 11 nitrogen and oxygen atoms in total. The van der Waals surface area contributed by atoms with Gasteiger partial charge in [0.15, 0.2) is 34.9 Å². The van der Waals surface area contributed by atoms with Crippen molar-refractivity contribution in [1.29, 1.82) is 0 Å². The first-order chi connectivity index (χ1) is 57.0. The van der Waals surface area contributed by atoms with Crippen LogP contribution in [0.25, 0.3) is 205 Å². The van der Waals surface area contributed by atoms with E-state index < -0.39 is 0 Å². The lowest BCUT2D eigenvalue weighted by Gasteiger charge is -2.26. The molecule has 0 fully saturated rings. The maximum absolute atomic E-state index is 6.89. The third-order valence-corrected chi connectivity index (χ3v) is 21.9. The molecule has 0 aliphatic rings. The Hall–Kier alpha value is -15.7. The SMILES string of the molecule is c1ccc(-c2ccc(N(c3ccc(-c4ccccc4)cc3)c3ccc4oc5c(-c6nc(-c7ccccc7)nc(-c7ccccc7)n6)cc6ccccc6c5c4c3)cc2)cc1.c1ccc(-c2nc(-c3ccccc3)nc(-c3cc4ccccc4c4c3oc3ccc(-n5c6ccccc6c6cc7oc8ccccc8c7cc65)cc34)n2)cc1. The summed E-state index contributed by atoms with van der Waals surface area (Å²) in [7, 11) is 0. The monoisotopic (exact) mass is 1470 g/mol. The molecule has 0 atom stereocenters. The van der Waals surface area contributed by atoms with Crippen LogP contribution in [0.1, 0.15) is 0 Å². The molecular formula is C104H64N8O3. The zero-order chi connectivity index (χ0) is 75.9. The summed E-state index contributed by atoms with van der Waals surface area (Å²) in [4.78, 5) is 32.7. The zero-order valence-corrected chi connectivity index (χ0v) is 61.8. The summed E-state index contributed by atoms with van der Waals surface area (Å²) < 4.78 is 22.5. The summed E-state index contributed by atoms with van der Waals surface area (Å²) in [5, 5.41) is 12.9. The minimum Gasteiger partial charge on any atom is -0.456 e. The van der Waals surface area contributed by atoms with Gasteiger partial charge in [-0.05, 0) is 141 Å². The molecule has 0 spiro atoms. The van der Waals surface area contributed by atoms with Crippen LogP contribution in [-0.4, -0.2) is 34.5 Å². The normalized spacial score (nSPS) is 11.7. The van der Waals surface area contributed by atoms with Crippen molar-refractivity contribution in [2.24, 2.45) is 0 Å². The van der Waals surface area contributed by atoms with E-state index in [0.717, 1.165) is 171 Å². The van der Waals surface area contributed by atoms with Crippen molar-refractivity contribution in [1.82, 2.24) is 34.5 Å². The van der Waals surface area contributed by atoms with Crippen LogP contribution in [0.4, 0.5) is 17.1 Å². The zero-order valence-electron chi connectivity index (χ0n) is 61.8. The van der Waals surface area contributed by atoms with Crippen LogP contribution < -0.4 is 4.90 Å². The Kier molecular flexibility index (Phi) is 16.0. The summed E-state index contributed by atoms with van der Waals surface area (Å²) in [6, 6.07) is 134. The van der Waals surface area contributed by atoms with E-state index in [1.165, 1.54) is 16.5 Å². The molecule has 0 bridgehead atoms. The van der Waals surface area contributed by atoms with E-state index >= 15 is 0 Å². The van der Waals surface area contributed by atoms with Gasteiger partial charge in [0.1, 0.15) is 33.5 Å². The van der Waals surface area contributed by atoms with E-state index in [9.17, 15) is 0 Å². The van der Waals surface area contributed by atoms with Crippen LogP contribution in [0, 0.1) is 0 Å². The van der Waals surface area contributed by atoms with Crippen molar-refractivity contribution in [3.63, 3.8) is 0 Å². The molecule has 538 valence electrons. The number of anilines is 3. The van der Waals surface area contributed by atoms with Crippen LogP contribution in [0.15, 0.2) is 401 Å². The molecule has 0 aliphatic carbocycles. The van der Waals surface area contributed by atoms with Crippen LogP contribution in [-0.2, 0) is 0 Å². The minimum absolute atomic E-state index is 0.552. The molecule has 0 unspecified atom stereocenters. The second kappa shape index (κ2) is 27.7. The first kappa shape index (κ1) is 66.3. The number of hydrogen-bond donors (Lipinski definition) is 0. The number of nitrogens with zero attached hydrogens (tertiary/aromatic N) is 8. The van der Waals surface area contributed by atoms with Gasteiger partial charge in [-0.15, -0.1) is 0 Å². The Labute approximate surface area is 659 Å². The van der Waals surface area contributed by atoms with Gasteiger partial charge < -0.3 is 22.7 Å². The highest BCUT2D eigenvalue weighted by atomic mass is 16.3.